The predicted octanol–water partition coefficient (Wildman–Crippen LogP) is 10.4. The van der Waals surface area contributed by atoms with Gasteiger partial charge in [-0.05, 0) is 65.5 Å². The van der Waals surface area contributed by atoms with Gasteiger partial charge in [-0.1, -0.05) is 126 Å². The van der Waals surface area contributed by atoms with Crippen molar-refractivity contribution in [3.05, 3.63) is 93.1 Å². The van der Waals surface area contributed by atoms with Crippen LogP contribution in [0.15, 0.2) is 70.8 Å². The van der Waals surface area contributed by atoms with E-state index < -0.39 is 0 Å². The maximum atomic E-state index is 12.9. The van der Waals surface area contributed by atoms with Gasteiger partial charge in [0.25, 0.3) is 0 Å². The van der Waals surface area contributed by atoms with E-state index in [4.69, 9.17) is 0 Å². The first kappa shape index (κ1) is 39.7. The Bertz CT molecular complexity index is 1490. The number of carbonyl (C=O) groups is 4. The van der Waals surface area contributed by atoms with Gasteiger partial charge in [-0.2, -0.15) is 0 Å². The van der Waals surface area contributed by atoms with Gasteiger partial charge in [0.2, 0.25) is 0 Å². The standard InChI is InChI=1S/C46H62N2O4/c1-35-37(45(51)41-27-19-17-25-39(41)43(35)49)23-15-11-7-3-5-9-13-21-29-47-31-33-48(34-32-47)30-22-14-10-6-4-8-12-16-24-38-36(2)44(50)40-26-18-20-28-42(40)46(38)52/h17-20,25-28H,3-16,21-24,29-34H2,1-2H3. The lowest BCUT2D eigenvalue weighted by Gasteiger charge is -2.34. The minimum Gasteiger partial charge on any atom is -0.301 e. The molecular weight excluding hydrogens is 645 g/mol. The van der Waals surface area contributed by atoms with Gasteiger partial charge in [0.15, 0.2) is 23.1 Å². The van der Waals surface area contributed by atoms with Crippen molar-refractivity contribution in [3.63, 3.8) is 0 Å². The lowest BCUT2D eigenvalue weighted by molar-refractivity contribution is 0.0971. The average molecular weight is 707 g/mol. The van der Waals surface area contributed by atoms with E-state index in [1.165, 1.54) is 116 Å². The van der Waals surface area contributed by atoms with E-state index in [1.807, 2.05) is 38.1 Å². The van der Waals surface area contributed by atoms with Crippen LogP contribution in [0.2, 0.25) is 0 Å². The molecule has 5 rings (SSSR count). The van der Waals surface area contributed by atoms with Crippen LogP contribution in [0.25, 0.3) is 0 Å². The molecule has 2 aromatic rings. The molecule has 1 fully saturated rings. The van der Waals surface area contributed by atoms with Gasteiger partial charge in [-0.3, -0.25) is 19.2 Å². The van der Waals surface area contributed by atoms with Crippen LogP contribution in [0, 0.1) is 0 Å². The number of carbonyl (C=O) groups excluding carboxylic acids is 4. The van der Waals surface area contributed by atoms with E-state index in [0.29, 0.717) is 46.2 Å². The first-order valence-electron chi connectivity index (χ1n) is 20.6. The van der Waals surface area contributed by atoms with Gasteiger partial charge >= 0.3 is 0 Å². The zero-order valence-corrected chi connectivity index (χ0v) is 32.1. The second-order valence-corrected chi connectivity index (χ2v) is 15.5. The lowest BCUT2D eigenvalue weighted by Crippen LogP contribution is -2.46. The van der Waals surface area contributed by atoms with Crippen molar-refractivity contribution in [2.75, 3.05) is 39.3 Å². The largest absolute Gasteiger partial charge is 0.301 e. The van der Waals surface area contributed by atoms with Crippen LogP contribution in [0.3, 0.4) is 0 Å². The third-order valence-electron chi connectivity index (χ3n) is 11.7. The summed E-state index contributed by atoms with van der Waals surface area (Å²) in [5, 5.41) is 0. The Balaban J connectivity index is 0.794. The first-order chi connectivity index (χ1) is 25.4. The molecule has 0 N–H and O–H groups in total. The lowest BCUT2D eigenvalue weighted by atomic mass is 9.82. The molecule has 0 bridgehead atoms. The maximum absolute atomic E-state index is 12.9. The third kappa shape index (κ3) is 10.8. The molecule has 0 spiro atoms. The summed E-state index contributed by atoms with van der Waals surface area (Å²) in [5.74, 6) is 0.131. The molecule has 1 heterocycles. The van der Waals surface area contributed by atoms with Gasteiger partial charge in [0.05, 0.1) is 0 Å². The SMILES string of the molecule is CC1=C(CCCCCCCCCCN2CCN(CCCCCCCCCCC3=C(C)C(=O)c4ccccc4C3=O)CC2)C(=O)c2ccccc2C1=O. The molecule has 52 heavy (non-hydrogen) atoms. The first-order valence-corrected chi connectivity index (χ1v) is 20.6. The van der Waals surface area contributed by atoms with Crippen LogP contribution in [0.5, 0.6) is 0 Å². The van der Waals surface area contributed by atoms with Crippen molar-refractivity contribution in [1.29, 1.82) is 0 Å². The quantitative estimate of drug-likeness (QED) is 0.114. The fourth-order valence-corrected chi connectivity index (χ4v) is 8.34. The number of piperazine rings is 1. The number of benzene rings is 2. The number of rotatable bonds is 22. The molecule has 2 aliphatic carbocycles. The third-order valence-corrected chi connectivity index (χ3v) is 11.7. The number of ketones is 4. The Labute approximate surface area is 313 Å². The summed E-state index contributed by atoms with van der Waals surface area (Å²) in [5.41, 5.74) is 5.01. The number of unbranched alkanes of at least 4 members (excludes halogenated alkanes) is 14. The number of hydrogen-bond donors (Lipinski definition) is 0. The van der Waals surface area contributed by atoms with E-state index in [-0.39, 0.29) is 23.1 Å². The predicted molar refractivity (Wildman–Crippen MR) is 212 cm³/mol. The summed E-state index contributed by atoms with van der Waals surface area (Å²) >= 11 is 0. The van der Waals surface area contributed by atoms with Crippen LogP contribution >= 0.6 is 0 Å². The Morgan fingerprint density at radius 3 is 0.981 bits per heavy atom. The van der Waals surface area contributed by atoms with Gasteiger partial charge in [0.1, 0.15) is 0 Å². The molecule has 6 nitrogen and oxygen atoms in total. The minimum absolute atomic E-state index is 0.0161. The number of Topliss-reactive ketones (excluding diaryl/α,β-unsaturated/α-hetero) is 4. The summed E-state index contributed by atoms with van der Waals surface area (Å²) in [7, 11) is 0. The Hall–Kier alpha value is -3.48. The highest BCUT2D eigenvalue weighted by atomic mass is 16.1. The van der Waals surface area contributed by atoms with Gasteiger partial charge in [-0.15, -0.1) is 0 Å². The topological polar surface area (TPSA) is 74.8 Å². The van der Waals surface area contributed by atoms with Crippen LogP contribution in [-0.2, 0) is 0 Å². The van der Waals surface area contributed by atoms with Gasteiger partial charge < -0.3 is 9.80 Å². The van der Waals surface area contributed by atoms with E-state index in [1.54, 1.807) is 24.3 Å². The zero-order valence-electron chi connectivity index (χ0n) is 32.1. The van der Waals surface area contributed by atoms with Crippen LogP contribution in [0.1, 0.15) is 171 Å². The molecule has 0 unspecified atom stereocenters. The summed E-state index contributed by atoms with van der Waals surface area (Å²) in [6, 6.07) is 14.4. The highest BCUT2D eigenvalue weighted by molar-refractivity contribution is 6.27. The molecule has 2 aromatic carbocycles. The molecule has 0 amide bonds. The summed E-state index contributed by atoms with van der Waals surface area (Å²) < 4.78 is 0. The minimum atomic E-state index is 0.0161. The summed E-state index contributed by atoms with van der Waals surface area (Å²) in [4.78, 5) is 56.5. The highest BCUT2D eigenvalue weighted by Gasteiger charge is 2.30. The highest BCUT2D eigenvalue weighted by Crippen LogP contribution is 2.30. The molecule has 0 atom stereocenters. The van der Waals surface area contributed by atoms with Crippen molar-refractivity contribution in [2.45, 2.75) is 129 Å². The fourth-order valence-electron chi connectivity index (χ4n) is 8.34. The second kappa shape index (κ2) is 20.7. The van der Waals surface area contributed by atoms with Crippen LogP contribution in [-0.4, -0.2) is 72.2 Å². The van der Waals surface area contributed by atoms with E-state index in [2.05, 4.69) is 9.80 Å². The molecule has 1 aliphatic heterocycles. The number of nitrogens with zero attached hydrogens (tertiary/aromatic N) is 2. The van der Waals surface area contributed by atoms with Crippen molar-refractivity contribution in [1.82, 2.24) is 9.80 Å². The maximum Gasteiger partial charge on any atom is 0.190 e. The van der Waals surface area contributed by atoms with E-state index in [0.717, 1.165) is 36.8 Å². The molecule has 280 valence electrons. The monoisotopic (exact) mass is 706 g/mol. The molecule has 1 saturated heterocycles. The van der Waals surface area contributed by atoms with E-state index >= 15 is 0 Å². The second-order valence-electron chi connectivity index (χ2n) is 15.5. The van der Waals surface area contributed by atoms with E-state index in [9.17, 15) is 19.2 Å². The molecule has 3 aliphatic rings. The van der Waals surface area contributed by atoms with Gasteiger partial charge in [0, 0.05) is 70.7 Å². The fraction of sp³-hybridized carbons (Fsp3) is 0.565. The molecular formula is C46H62N2O4. The number of fused-ring (bicyclic) bond motifs is 2. The Morgan fingerprint density at radius 1 is 0.385 bits per heavy atom. The van der Waals surface area contributed by atoms with Crippen molar-refractivity contribution in [3.8, 4) is 0 Å². The zero-order chi connectivity index (χ0) is 36.7. The van der Waals surface area contributed by atoms with Crippen LogP contribution in [0.4, 0.5) is 0 Å². The number of hydrogen-bond acceptors (Lipinski definition) is 6. The molecule has 6 heteroatoms. The van der Waals surface area contributed by atoms with Crippen molar-refractivity contribution < 1.29 is 19.2 Å². The molecule has 0 aromatic heterocycles. The summed E-state index contributed by atoms with van der Waals surface area (Å²) in [6.45, 7) is 10.9. The van der Waals surface area contributed by atoms with Crippen LogP contribution < -0.4 is 0 Å². The Morgan fingerprint density at radius 2 is 0.654 bits per heavy atom. The van der Waals surface area contributed by atoms with Crippen molar-refractivity contribution >= 4 is 23.1 Å². The molecule has 0 saturated carbocycles. The van der Waals surface area contributed by atoms with Gasteiger partial charge in [-0.25, -0.2) is 0 Å². The normalized spacial score (nSPS) is 17.0. The summed E-state index contributed by atoms with van der Waals surface area (Å²) in [6.07, 6.45) is 21.0. The Kier molecular flexibility index (Phi) is 15.8. The molecule has 0 radical (unpaired) electrons. The number of allylic oxidation sites excluding steroid dienone is 4. The average Bonchev–Trinajstić information content (AvgIpc) is 3.17. The smallest absolute Gasteiger partial charge is 0.190 e. The van der Waals surface area contributed by atoms with Crippen molar-refractivity contribution in [2.24, 2.45) is 0 Å².